The minimum atomic E-state index is -0.456. The summed E-state index contributed by atoms with van der Waals surface area (Å²) < 4.78 is 0. The molecule has 94 valence electrons. The van der Waals surface area contributed by atoms with Crippen LogP contribution in [0.5, 0.6) is 0 Å². The summed E-state index contributed by atoms with van der Waals surface area (Å²) in [5.74, 6) is 0.997. The largest absolute Gasteiger partial charge is 0.370 e. The number of nitrogens with one attached hydrogen (secondary N) is 2. The van der Waals surface area contributed by atoms with E-state index in [1.54, 1.807) is 6.92 Å². The standard InChI is InChI=1S/C11H19N5O/c1-4-5-13-10-7(2)11(15-6-14-10)16-8(3)9(12)17/h6,8H,4-5H2,1-3H3,(H2,12,17)(H2,13,14,15,16). The summed E-state index contributed by atoms with van der Waals surface area (Å²) in [6.07, 6.45) is 2.48. The van der Waals surface area contributed by atoms with Crippen LogP contribution in [0.15, 0.2) is 6.33 Å². The molecule has 6 nitrogen and oxygen atoms in total. The van der Waals surface area contributed by atoms with Crippen LogP contribution in [0.2, 0.25) is 0 Å². The fourth-order valence-electron chi connectivity index (χ4n) is 1.29. The van der Waals surface area contributed by atoms with Crippen molar-refractivity contribution in [3.05, 3.63) is 11.9 Å². The number of amides is 1. The van der Waals surface area contributed by atoms with Gasteiger partial charge in [0.25, 0.3) is 0 Å². The van der Waals surface area contributed by atoms with Crippen LogP contribution >= 0.6 is 0 Å². The van der Waals surface area contributed by atoms with Crippen molar-refractivity contribution in [3.8, 4) is 0 Å². The zero-order chi connectivity index (χ0) is 12.8. The molecule has 0 aliphatic carbocycles. The van der Waals surface area contributed by atoms with Crippen molar-refractivity contribution in [3.63, 3.8) is 0 Å². The fourth-order valence-corrected chi connectivity index (χ4v) is 1.29. The van der Waals surface area contributed by atoms with Crippen molar-refractivity contribution in [2.45, 2.75) is 33.2 Å². The molecule has 17 heavy (non-hydrogen) atoms. The molecule has 6 heteroatoms. The summed E-state index contributed by atoms with van der Waals surface area (Å²) in [6, 6.07) is -0.456. The summed E-state index contributed by atoms with van der Waals surface area (Å²) in [6.45, 7) is 6.53. The van der Waals surface area contributed by atoms with E-state index in [2.05, 4.69) is 27.5 Å². The van der Waals surface area contributed by atoms with E-state index in [1.165, 1.54) is 6.33 Å². The number of hydrogen-bond acceptors (Lipinski definition) is 5. The predicted molar refractivity (Wildman–Crippen MR) is 67.8 cm³/mol. The average Bonchev–Trinajstić information content (AvgIpc) is 2.30. The quantitative estimate of drug-likeness (QED) is 0.683. The summed E-state index contributed by atoms with van der Waals surface area (Å²) in [5, 5.41) is 6.16. The molecule has 1 unspecified atom stereocenters. The second-order valence-electron chi connectivity index (χ2n) is 3.89. The smallest absolute Gasteiger partial charge is 0.239 e. The topological polar surface area (TPSA) is 92.9 Å². The fraction of sp³-hybridized carbons (Fsp3) is 0.545. The van der Waals surface area contributed by atoms with Crippen LogP contribution in [0.4, 0.5) is 11.6 Å². The van der Waals surface area contributed by atoms with Gasteiger partial charge in [0.05, 0.1) is 0 Å². The van der Waals surface area contributed by atoms with Gasteiger partial charge in [0.1, 0.15) is 24.0 Å². The third-order valence-corrected chi connectivity index (χ3v) is 2.41. The molecular weight excluding hydrogens is 218 g/mol. The number of primary amides is 1. The lowest BCUT2D eigenvalue weighted by Gasteiger charge is -2.15. The molecule has 1 aromatic heterocycles. The van der Waals surface area contributed by atoms with Crippen LogP contribution in [-0.4, -0.2) is 28.5 Å². The second kappa shape index (κ2) is 6.03. The molecule has 1 amide bonds. The van der Waals surface area contributed by atoms with Gasteiger partial charge in [-0.05, 0) is 20.3 Å². The zero-order valence-corrected chi connectivity index (χ0v) is 10.4. The Bertz CT molecular complexity index is 393. The molecule has 0 aliphatic rings. The van der Waals surface area contributed by atoms with Crippen molar-refractivity contribution in [1.29, 1.82) is 0 Å². The van der Waals surface area contributed by atoms with Crippen molar-refractivity contribution in [1.82, 2.24) is 9.97 Å². The van der Waals surface area contributed by atoms with Crippen LogP contribution in [0.1, 0.15) is 25.8 Å². The highest BCUT2D eigenvalue weighted by Gasteiger charge is 2.12. The molecule has 1 heterocycles. The number of nitrogens with zero attached hydrogens (tertiary/aromatic N) is 2. The van der Waals surface area contributed by atoms with E-state index in [4.69, 9.17) is 5.73 Å². The predicted octanol–water partition coefficient (Wildman–Crippen LogP) is 0.893. The Balaban J connectivity index is 2.82. The average molecular weight is 237 g/mol. The van der Waals surface area contributed by atoms with Crippen LogP contribution in [-0.2, 0) is 4.79 Å². The first-order chi connectivity index (χ1) is 8.06. The molecule has 0 saturated heterocycles. The summed E-state index contributed by atoms with van der Waals surface area (Å²) in [5.41, 5.74) is 6.08. The zero-order valence-electron chi connectivity index (χ0n) is 10.4. The van der Waals surface area contributed by atoms with Gasteiger partial charge in [0.15, 0.2) is 0 Å². The Morgan fingerprint density at radius 1 is 1.47 bits per heavy atom. The number of rotatable bonds is 6. The first kappa shape index (κ1) is 13.2. The van der Waals surface area contributed by atoms with E-state index in [9.17, 15) is 4.79 Å². The monoisotopic (exact) mass is 237 g/mol. The minimum Gasteiger partial charge on any atom is -0.370 e. The molecule has 0 radical (unpaired) electrons. The maximum absolute atomic E-state index is 11.0. The summed E-state index contributed by atoms with van der Waals surface area (Å²) in [4.78, 5) is 19.2. The lowest BCUT2D eigenvalue weighted by molar-refractivity contribution is -0.118. The number of carbonyl (C=O) groups is 1. The molecule has 1 atom stereocenters. The van der Waals surface area contributed by atoms with Gasteiger partial charge < -0.3 is 16.4 Å². The molecule has 0 bridgehead atoms. The Labute approximate surface area is 101 Å². The highest BCUT2D eigenvalue weighted by molar-refractivity contribution is 5.82. The summed E-state index contributed by atoms with van der Waals surface area (Å²) >= 11 is 0. The van der Waals surface area contributed by atoms with Crippen molar-refractivity contribution < 1.29 is 4.79 Å². The van der Waals surface area contributed by atoms with E-state index >= 15 is 0 Å². The van der Waals surface area contributed by atoms with E-state index in [0.29, 0.717) is 5.82 Å². The number of anilines is 2. The maximum Gasteiger partial charge on any atom is 0.239 e. The molecule has 1 aromatic rings. The Kier molecular flexibility index (Phi) is 4.68. The lowest BCUT2D eigenvalue weighted by atomic mass is 10.2. The Morgan fingerprint density at radius 3 is 2.71 bits per heavy atom. The first-order valence-electron chi connectivity index (χ1n) is 5.67. The van der Waals surface area contributed by atoms with E-state index in [0.717, 1.165) is 24.3 Å². The van der Waals surface area contributed by atoms with Crippen LogP contribution in [0, 0.1) is 6.92 Å². The molecule has 0 aromatic carbocycles. The minimum absolute atomic E-state index is 0.411. The van der Waals surface area contributed by atoms with Gasteiger partial charge in [-0.3, -0.25) is 4.79 Å². The van der Waals surface area contributed by atoms with Gasteiger partial charge in [-0.15, -0.1) is 0 Å². The number of aromatic nitrogens is 2. The number of carbonyl (C=O) groups excluding carboxylic acids is 1. The van der Waals surface area contributed by atoms with Gasteiger partial charge in [0, 0.05) is 12.1 Å². The molecule has 0 saturated carbocycles. The van der Waals surface area contributed by atoms with Crippen LogP contribution in [0.3, 0.4) is 0 Å². The van der Waals surface area contributed by atoms with E-state index in [-0.39, 0.29) is 0 Å². The van der Waals surface area contributed by atoms with Gasteiger partial charge in [0.2, 0.25) is 5.91 Å². The van der Waals surface area contributed by atoms with Crippen molar-refractivity contribution in [2.75, 3.05) is 17.2 Å². The SMILES string of the molecule is CCCNc1ncnc(NC(C)C(N)=O)c1C. The molecule has 0 fully saturated rings. The van der Waals surface area contributed by atoms with Crippen molar-refractivity contribution >= 4 is 17.5 Å². The molecular formula is C11H19N5O. The first-order valence-corrected chi connectivity index (χ1v) is 5.67. The molecule has 4 N–H and O–H groups in total. The van der Waals surface area contributed by atoms with Crippen molar-refractivity contribution in [2.24, 2.45) is 5.73 Å². The normalized spacial score (nSPS) is 11.9. The maximum atomic E-state index is 11.0. The van der Waals surface area contributed by atoms with Gasteiger partial charge in [-0.25, -0.2) is 9.97 Å². The highest BCUT2D eigenvalue weighted by atomic mass is 16.1. The number of hydrogen-bond donors (Lipinski definition) is 3. The third-order valence-electron chi connectivity index (χ3n) is 2.41. The van der Waals surface area contributed by atoms with Crippen LogP contribution in [0.25, 0.3) is 0 Å². The molecule has 1 rings (SSSR count). The highest BCUT2D eigenvalue weighted by Crippen LogP contribution is 2.18. The lowest BCUT2D eigenvalue weighted by Crippen LogP contribution is -2.33. The molecule has 0 aliphatic heterocycles. The number of nitrogens with two attached hydrogens (primary N) is 1. The molecule has 0 spiro atoms. The Morgan fingerprint density at radius 2 is 2.12 bits per heavy atom. The van der Waals surface area contributed by atoms with Gasteiger partial charge in [-0.1, -0.05) is 6.92 Å². The third kappa shape index (κ3) is 3.58. The van der Waals surface area contributed by atoms with Crippen LogP contribution < -0.4 is 16.4 Å². The summed E-state index contributed by atoms with van der Waals surface area (Å²) in [7, 11) is 0. The van der Waals surface area contributed by atoms with Gasteiger partial charge >= 0.3 is 0 Å². The second-order valence-corrected chi connectivity index (χ2v) is 3.89. The van der Waals surface area contributed by atoms with Gasteiger partial charge in [-0.2, -0.15) is 0 Å². The van der Waals surface area contributed by atoms with E-state index in [1.807, 2.05) is 6.92 Å². The van der Waals surface area contributed by atoms with E-state index < -0.39 is 11.9 Å². The Hall–Kier alpha value is -1.85.